The molecule has 0 saturated heterocycles. The normalized spacial score (nSPS) is 10.8. The molecule has 1 aromatic carbocycles. The van der Waals surface area contributed by atoms with Crippen LogP contribution in [0.25, 0.3) is 10.9 Å². The van der Waals surface area contributed by atoms with Gasteiger partial charge < -0.3 is 0 Å². The summed E-state index contributed by atoms with van der Waals surface area (Å²) in [6.07, 6.45) is 0. The molecule has 2 heterocycles. The summed E-state index contributed by atoms with van der Waals surface area (Å²) in [5.41, 5.74) is 2.59. The number of hydrogen-bond acceptors (Lipinski definition) is 3. The molecule has 0 aliphatic carbocycles. The smallest absolute Gasteiger partial charge is 0.204 e. The summed E-state index contributed by atoms with van der Waals surface area (Å²) in [6, 6.07) is 11.5. The Labute approximate surface area is 123 Å². The lowest BCUT2D eigenvalue weighted by atomic mass is 10.1. The van der Waals surface area contributed by atoms with E-state index >= 15 is 0 Å². The molecule has 0 atom stereocenters. The molecule has 3 aromatic rings. The molecule has 0 amide bonds. The lowest BCUT2D eigenvalue weighted by Crippen LogP contribution is -1.99. The number of nitrogens with zero attached hydrogens (tertiary/aromatic N) is 1. The fourth-order valence-electron chi connectivity index (χ4n) is 1.96. The molecule has 0 N–H and O–H groups in total. The van der Waals surface area contributed by atoms with Crippen molar-refractivity contribution in [1.82, 2.24) is 4.98 Å². The second-order valence-corrected chi connectivity index (χ2v) is 6.06. The number of ketones is 1. The summed E-state index contributed by atoms with van der Waals surface area (Å²) in [7, 11) is 0. The molecule has 0 fully saturated rings. The molecular formula is C15H10BrNOS. The topological polar surface area (TPSA) is 30.0 Å². The van der Waals surface area contributed by atoms with E-state index in [0.717, 1.165) is 25.9 Å². The van der Waals surface area contributed by atoms with Crippen LogP contribution < -0.4 is 0 Å². The van der Waals surface area contributed by atoms with Gasteiger partial charge in [0.2, 0.25) is 5.78 Å². The van der Waals surface area contributed by atoms with Crippen LogP contribution in [0.5, 0.6) is 0 Å². The number of benzene rings is 1. The summed E-state index contributed by atoms with van der Waals surface area (Å²) >= 11 is 4.85. The first-order valence-electron chi connectivity index (χ1n) is 5.80. The number of carbonyl (C=O) groups is 1. The van der Waals surface area contributed by atoms with Crippen molar-refractivity contribution in [3.63, 3.8) is 0 Å². The van der Waals surface area contributed by atoms with Crippen molar-refractivity contribution < 1.29 is 4.79 Å². The number of thiophene rings is 1. The highest BCUT2D eigenvalue weighted by Gasteiger charge is 2.14. The predicted octanol–water partition coefficient (Wildman–Crippen LogP) is 4.60. The molecule has 94 valence electrons. The van der Waals surface area contributed by atoms with Crippen LogP contribution in [0.1, 0.15) is 20.9 Å². The van der Waals surface area contributed by atoms with Gasteiger partial charge in [-0.1, -0.05) is 6.07 Å². The molecule has 2 aromatic heterocycles. The minimum atomic E-state index is 0.0457. The minimum absolute atomic E-state index is 0.0457. The third kappa shape index (κ3) is 2.33. The molecule has 4 heteroatoms. The van der Waals surface area contributed by atoms with Gasteiger partial charge in [0, 0.05) is 21.1 Å². The number of hydrogen-bond donors (Lipinski definition) is 0. The Hall–Kier alpha value is -1.52. The lowest BCUT2D eigenvalue weighted by molar-refractivity contribution is 0.104. The number of rotatable bonds is 2. The van der Waals surface area contributed by atoms with Gasteiger partial charge in [-0.2, -0.15) is 0 Å². The van der Waals surface area contributed by atoms with Crippen LogP contribution in [-0.4, -0.2) is 10.8 Å². The molecule has 0 spiro atoms. The number of fused-ring (bicyclic) bond motifs is 1. The van der Waals surface area contributed by atoms with E-state index in [1.54, 1.807) is 0 Å². The Morgan fingerprint density at radius 3 is 2.79 bits per heavy atom. The lowest BCUT2D eigenvalue weighted by Gasteiger charge is -2.03. The van der Waals surface area contributed by atoms with Crippen LogP contribution in [-0.2, 0) is 0 Å². The molecule has 0 aliphatic heterocycles. The fourth-order valence-corrected chi connectivity index (χ4v) is 3.47. The second-order valence-electron chi connectivity index (χ2n) is 4.29. The standard InChI is InChI=1S/C15H10BrNOS/c1-9-2-3-10-8-11(4-5-13(10)17-9)14(18)15-12(16)6-7-19-15/h2-8H,1H3. The van der Waals surface area contributed by atoms with E-state index in [9.17, 15) is 4.79 Å². The summed E-state index contributed by atoms with van der Waals surface area (Å²) < 4.78 is 0.852. The quantitative estimate of drug-likeness (QED) is 0.642. The van der Waals surface area contributed by atoms with Crippen LogP contribution in [0.15, 0.2) is 46.3 Å². The number of carbonyl (C=O) groups excluding carboxylic acids is 1. The number of pyridine rings is 1. The molecule has 0 radical (unpaired) electrons. The highest BCUT2D eigenvalue weighted by molar-refractivity contribution is 9.10. The Kier molecular flexibility index (Phi) is 3.21. The highest BCUT2D eigenvalue weighted by atomic mass is 79.9. The largest absolute Gasteiger partial charge is 0.288 e. The maximum absolute atomic E-state index is 12.4. The maximum atomic E-state index is 12.4. The fraction of sp³-hybridized carbons (Fsp3) is 0.0667. The van der Waals surface area contributed by atoms with Gasteiger partial charge in [0.05, 0.1) is 10.4 Å². The summed E-state index contributed by atoms with van der Waals surface area (Å²) in [5, 5.41) is 2.90. The van der Waals surface area contributed by atoms with E-state index in [-0.39, 0.29) is 5.78 Å². The molecule has 3 rings (SSSR count). The van der Waals surface area contributed by atoms with Crippen molar-refractivity contribution in [3.8, 4) is 0 Å². The number of aromatic nitrogens is 1. The summed E-state index contributed by atoms with van der Waals surface area (Å²) in [6.45, 7) is 1.96. The third-order valence-corrected chi connectivity index (χ3v) is 4.75. The predicted molar refractivity (Wildman–Crippen MR) is 81.9 cm³/mol. The molecule has 0 unspecified atom stereocenters. The number of aryl methyl sites for hydroxylation is 1. The highest BCUT2D eigenvalue weighted by Crippen LogP contribution is 2.26. The second kappa shape index (κ2) is 4.87. The first-order chi connectivity index (χ1) is 9.15. The average molecular weight is 332 g/mol. The van der Waals surface area contributed by atoms with Gasteiger partial charge in [-0.25, -0.2) is 0 Å². The third-order valence-electron chi connectivity index (χ3n) is 2.91. The van der Waals surface area contributed by atoms with Gasteiger partial charge in [0.25, 0.3) is 0 Å². The van der Waals surface area contributed by atoms with Crippen LogP contribution in [0.3, 0.4) is 0 Å². The summed E-state index contributed by atoms with van der Waals surface area (Å²) in [5.74, 6) is 0.0457. The van der Waals surface area contributed by atoms with E-state index in [2.05, 4.69) is 20.9 Å². The first-order valence-corrected chi connectivity index (χ1v) is 7.47. The molecule has 0 bridgehead atoms. The van der Waals surface area contributed by atoms with Gasteiger partial charge in [-0.15, -0.1) is 11.3 Å². The molecule has 0 saturated carbocycles. The zero-order valence-corrected chi connectivity index (χ0v) is 12.6. The SMILES string of the molecule is Cc1ccc2cc(C(=O)c3sccc3Br)ccc2n1. The van der Waals surface area contributed by atoms with Gasteiger partial charge in [-0.3, -0.25) is 9.78 Å². The molecule has 2 nitrogen and oxygen atoms in total. The zero-order chi connectivity index (χ0) is 13.4. The van der Waals surface area contributed by atoms with E-state index in [4.69, 9.17) is 0 Å². The van der Waals surface area contributed by atoms with Crippen molar-refractivity contribution in [1.29, 1.82) is 0 Å². The van der Waals surface area contributed by atoms with Crippen molar-refractivity contribution in [3.05, 3.63) is 62.4 Å². The zero-order valence-electron chi connectivity index (χ0n) is 10.2. The van der Waals surface area contributed by atoms with E-state index in [1.165, 1.54) is 11.3 Å². The van der Waals surface area contributed by atoms with Crippen molar-refractivity contribution in [2.45, 2.75) is 6.92 Å². The van der Waals surface area contributed by atoms with Gasteiger partial charge in [-0.05, 0) is 58.6 Å². The molecular weight excluding hydrogens is 322 g/mol. The van der Waals surface area contributed by atoms with Crippen molar-refractivity contribution in [2.24, 2.45) is 0 Å². The minimum Gasteiger partial charge on any atom is -0.288 e. The van der Waals surface area contributed by atoms with Crippen LogP contribution >= 0.6 is 27.3 Å². The van der Waals surface area contributed by atoms with E-state index in [0.29, 0.717) is 5.56 Å². The Morgan fingerprint density at radius 1 is 1.21 bits per heavy atom. The summed E-state index contributed by atoms with van der Waals surface area (Å²) in [4.78, 5) is 17.6. The average Bonchev–Trinajstić information content (AvgIpc) is 2.83. The van der Waals surface area contributed by atoms with Crippen LogP contribution in [0.2, 0.25) is 0 Å². The Balaban J connectivity index is 2.09. The number of halogens is 1. The van der Waals surface area contributed by atoms with Crippen LogP contribution in [0.4, 0.5) is 0 Å². The van der Waals surface area contributed by atoms with E-state index in [1.807, 2.05) is 48.7 Å². The molecule has 19 heavy (non-hydrogen) atoms. The maximum Gasteiger partial charge on any atom is 0.204 e. The first kappa shape index (κ1) is 12.5. The Bertz CT molecular complexity index is 779. The monoisotopic (exact) mass is 331 g/mol. The Morgan fingerprint density at radius 2 is 2.05 bits per heavy atom. The molecule has 0 aliphatic rings. The van der Waals surface area contributed by atoms with Crippen molar-refractivity contribution >= 4 is 44.0 Å². The van der Waals surface area contributed by atoms with Crippen molar-refractivity contribution in [2.75, 3.05) is 0 Å². The van der Waals surface area contributed by atoms with E-state index < -0.39 is 0 Å². The van der Waals surface area contributed by atoms with Gasteiger partial charge in [0.1, 0.15) is 0 Å². The van der Waals surface area contributed by atoms with Gasteiger partial charge in [0.15, 0.2) is 0 Å². The van der Waals surface area contributed by atoms with Gasteiger partial charge >= 0.3 is 0 Å². The van der Waals surface area contributed by atoms with Crippen LogP contribution in [0, 0.1) is 6.92 Å².